The highest BCUT2D eigenvalue weighted by Gasteiger charge is 2.35. The van der Waals surface area contributed by atoms with E-state index >= 15 is 0 Å². The number of aromatic nitrogens is 1. The highest BCUT2D eigenvalue weighted by atomic mass is 19.1. The number of rotatable bonds is 3. The van der Waals surface area contributed by atoms with Gasteiger partial charge in [0, 0.05) is 18.2 Å². The van der Waals surface area contributed by atoms with Crippen molar-refractivity contribution in [3.63, 3.8) is 0 Å². The monoisotopic (exact) mass is 322 g/mol. The zero-order chi connectivity index (χ0) is 16.5. The van der Waals surface area contributed by atoms with Gasteiger partial charge in [-0.25, -0.2) is 4.39 Å². The molecule has 0 N–H and O–H groups in total. The molecule has 0 bridgehead atoms. The Hall–Kier alpha value is -2.95. The van der Waals surface area contributed by atoms with Crippen molar-refractivity contribution in [2.75, 3.05) is 6.54 Å². The summed E-state index contributed by atoms with van der Waals surface area (Å²) in [5.74, 6) is 0.124. The van der Waals surface area contributed by atoms with Crippen LogP contribution in [-0.2, 0) is 0 Å². The molecule has 2 aromatic carbocycles. The van der Waals surface area contributed by atoms with E-state index in [4.69, 9.17) is 4.52 Å². The van der Waals surface area contributed by atoms with Crippen LogP contribution in [0.1, 0.15) is 28.5 Å². The molecule has 1 aromatic heterocycles. The first kappa shape index (κ1) is 14.6. The molecule has 0 radical (unpaired) electrons. The first-order chi connectivity index (χ1) is 11.7. The Labute approximate surface area is 138 Å². The maximum absolute atomic E-state index is 13.1. The highest BCUT2D eigenvalue weighted by molar-refractivity contribution is 5.94. The van der Waals surface area contributed by atoms with Crippen LogP contribution in [0.2, 0.25) is 0 Å². The van der Waals surface area contributed by atoms with E-state index in [9.17, 15) is 9.18 Å². The van der Waals surface area contributed by atoms with E-state index in [2.05, 4.69) is 5.16 Å². The van der Waals surface area contributed by atoms with E-state index in [0.29, 0.717) is 18.0 Å². The minimum Gasteiger partial charge on any atom is -0.355 e. The normalized spacial score (nSPS) is 16.7. The summed E-state index contributed by atoms with van der Waals surface area (Å²) in [6.07, 6.45) is 0.862. The van der Waals surface area contributed by atoms with Crippen LogP contribution in [0.4, 0.5) is 4.39 Å². The minimum absolute atomic E-state index is 0.0324. The highest BCUT2D eigenvalue weighted by Crippen LogP contribution is 2.34. The molecule has 0 spiro atoms. The summed E-state index contributed by atoms with van der Waals surface area (Å²) in [4.78, 5) is 14.4. The van der Waals surface area contributed by atoms with Crippen molar-refractivity contribution in [2.45, 2.75) is 12.5 Å². The number of nitrogens with zero attached hydrogens (tertiary/aromatic N) is 2. The fourth-order valence-corrected chi connectivity index (χ4v) is 2.92. The fraction of sp³-hybridized carbons (Fsp3) is 0.158. The summed E-state index contributed by atoms with van der Waals surface area (Å²) in [5, 5.41) is 3.91. The second-order valence-corrected chi connectivity index (χ2v) is 5.80. The summed E-state index contributed by atoms with van der Waals surface area (Å²) >= 11 is 0. The Morgan fingerprint density at radius 3 is 2.54 bits per heavy atom. The van der Waals surface area contributed by atoms with E-state index < -0.39 is 0 Å². The molecule has 1 amide bonds. The van der Waals surface area contributed by atoms with Crippen LogP contribution in [0.25, 0.3) is 11.3 Å². The average molecular weight is 322 g/mol. The van der Waals surface area contributed by atoms with Gasteiger partial charge in [0.25, 0.3) is 5.91 Å². The van der Waals surface area contributed by atoms with Crippen molar-refractivity contribution in [3.8, 4) is 11.3 Å². The molecule has 3 aromatic rings. The summed E-state index contributed by atoms with van der Waals surface area (Å²) in [7, 11) is 0. The number of halogens is 1. The molecular formula is C19H15FN2O2. The Balaban J connectivity index is 1.54. The van der Waals surface area contributed by atoms with E-state index in [1.54, 1.807) is 23.1 Å². The van der Waals surface area contributed by atoms with Crippen LogP contribution in [-0.4, -0.2) is 22.5 Å². The summed E-state index contributed by atoms with van der Waals surface area (Å²) in [6.45, 7) is 0.661. The van der Waals surface area contributed by atoms with Crippen molar-refractivity contribution >= 4 is 5.91 Å². The predicted octanol–water partition coefficient (Wildman–Crippen LogP) is 4.07. The molecule has 24 heavy (non-hydrogen) atoms. The molecule has 5 heteroatoms. The van der Waals surface area contributed by atoms with Crippen LogP contribution >= 0.6 is 0 Å². The number of amides is 1. The number of carbonyl (C=O) groups is 1. The van der Waals surface area contributed by atoms with E-state index in [1.165, 1.54) is 12.1 Å². The zero-order valence-electron chi connectivity index (χ0n) is 12.9. The molecule has 1 saturated heterocycles. The van der Waals surface area contributed by atoms with Gasteiger partial charge in [-0.1, -0.05) is 47.6 Å². The van der Waals surface area contributed by atoms with E-state index in [1.807, 2.05) is 30.3 Å². The summed E-state index contributed by atoms with van der Waals surface area (Å²) in [5.41, 5.74) is 2.10. The van der Waals surface area contributed by atoms with Crippen molar-refractivity contribution in [3.05, 3.63) is 77.7 Å². The quantitative estimate of drug-likeness (QED) is 0.730. The molecule has 0 saturated carbocycles. The van der Waals surface area contributed by atoms with E-state index in [-0.39, 0.29) is 17.8 Å². The van der Waals surface area contributed by atoms with Crippen molar-refractivity contribution < 1.29 is 13.7 Å². The number of hydrogen-bond donors (Lipinski definition) is 0. The van der Waals surface area contributed by atoms with E-state index in [0.717, 1.165) is 17.5 Å². The van der Waals surface area contributed by atoms with Gasteiger partial charge in [0.15, 0.2) is 11.5 Å². The molecular weight excluding hydrogens is 307 g/mol. The van der Waals surface area contributed by atoms with Crippen LogP contribution in [0.5, 0.6) is 0 Å². The van der Waals surface area contributed by atoms with Crippen LogP contribution in [0.3, 0.4) is 0 Å². The predicted molar refractivity (Wildman–Crippen MR) is 86.7 cm³/mol. The van der Waals surface area contributed by atoms with Gasteiger partial charge in [-0.15, -0.1) is 0 Å². The summed E-state index contributed by atoms with van der Waals surface area (Å²) in [6, 6.07) is 17.4. The second kappa shape index (κ2) is 5.92. The smallest absolute Gasteiger partial charge is 0.276 e. The van der Waals surface area contributed by atoms with Gasteiger partial charge in [0.2, 0.25) is 0 Å². The number of benzene rings is 2. The lowest BCUT2D eigenvalue weighted by Crippen LogP contribution is -2.45. The lowest BCUT2D eigenvalue weighted by Gasteiger charge is -2.40. The van der Waals surface area contributed by atoms with Crippen LogP contribution < -0.4 is 0 Å². The maximum atomic E-state index is 13.1. The molecule has 1 aliphatic rings. The fourth-order valence-electron chi connectivity index (χ4n) is 2.92. The topological polar surface area (TPSA) is 46.3 Å². The molecule has 1 atom stereocenters. The second-order valence-electron chi connectivity index (χ2n) is 5.80. The molecule has 4 nitrogen and oxygen atoms in total. The first-order valence-corrected chi connectivity index (χ1v) is 7.81. The van der Waals surface area contributed by atoms with Gasteiger partial charge >= 0.3 is 0 Å². The maximum Gasteiger partial charge on any atom is 0.276 e. The largest absolute Gasteiger partial charge is 0.355 e. The third-order valence-electron chi connectivity index (χ3n) is 4.32. The SMILES string of the molecule is O=C(c1cc(-c2ccccc2)on1)N1CC[C@H]1c1ccc(F)cc1. The van der Waals surface area contributed by atoms with Gasteiger partial charge in [-0.3, -0.25) is 4.79 Å². The zero-order valence-corrected chi connectivity index (χ0v) is 12.9. The summed E-state index contributed by atoms with van der Waals surface area (Å²) < 4.78 is 18.4. The lowest BCUT2D eigenvalue weighted by atomic mass is 9.94. The number of hydrogen-bond acceptors (Lipinski definition) is 3. The molecule has 120 valence electrons. The standard InChI is InChI=1S/C19H15FN2O2/c20-15-8-6-13(7-9-15)17-10-11-22(17)19(23)16-12-18(24-21-16)14-4-2-1-3-5-14/h1-9,12,17H,10-11H2/t17-/m0/s1. The lowest BCUT2D eigenvalue weighted by molar-refractivity contribution is 0.0450. The number of likely N-dealkylation sites (tertiary alicyclic amines) is 1. The average Bonchev–Trinajstić information content (AvgIpc) is 3.07. The van der Waals surface area contributed by atoms with Crippen LogP contribution in [0, 0.1) is 5.82 Å². The third-order valence-corrected chi connectivity index (χ3v) is 4.32. The van der Waals surface area contributed by atoms with Crippen molar-refractivity contribution in [1.82, 2.24) is 10.1 Å². The van der Waals surface area contributed by atoms with Gasteiger partial charge in [0.1, 0.15) is 5.82 Å². The van der Waals surface area contributed by atoms with Gasteiger partial charge in [0.05, 0.1) is 6.04 Å². The molecule has 0 aliphatic carbocycles. The molecule has 4 rings (SSSR count). The Morgan fingerprint density at radius 1 is 1.12 bits per heavy atom. The Kier molecular flexibility index (Phi) is 3.61. The molecule has 0 unspecified atom stereocenters. The van der Waals surface area contributed by atoms with Gasteiger partial charge < -0.3 is 9.42 Å². The van der Waals surface area contributed by atoms with Gasteiger partial charge in [-0.2, -0.15) is 0 Å². The molecule has 1 fully saturated rings. The Bertz CT molecular complexity index is 859. The molecule has 1 aliphatic heterocycles. The van der Waals surface area contributed by atoms with Gasteiger partial charge in [-0.05, 0) is 24.1 Å². The minimum atomic E-state index is -0.278. The van der Waals surface area contributed by atoms with Crippen molar-refractivity contribution in [1.29, 1.82) is 0 Å². The molecule has 2 heterocycles. The van der Waals surface area contributed by atoms with Crippen molar-refractivity contribution in [2.24, 2.45) is 0 Å². The first-order valence-electron chi connectivity index (χ1n) is 7.81. The van der Waals surface area contributed by atoms with Crippen LogP contribution in [0.15, 0.2) is 65.2 Å². The number of carbonyl (C=O) groups excluding carboxylic acids is 1. The third kappa shape index (κ3) is 2.58. The Morgan fingerprint density at radius 2 is 1.88 bits per heavy atom.